The summed E-state index contributed by atoms with van der Waals surface area (Å²) in [6.45, 7) is 0. The van der Waals surface area contributed by atoms with E-state index in [2.05, 4.69) is 0 Å². The van der Waals surface area contributed by atoms with E-state index in [4.69, 9.17) is 79.8 Å². The Labute approximate surface area is 189 Å². The van der Waals surface area contributed by atoms with Gasteiger partial charge in [-0.3, -0.25) is 0 Å². The Balaban J connectivity index is -0.000000257. The van der Waals surface area contributed by atoms with Crippen molar-refractivity contribution >= 4 is 81.5 Å². The van der Waals surface area contributed by atoms with Gasteiger partial charge in [-0.25, -0.2) is 9.59 Å². The van der Waals surface area contributed by atoms with Gasteiger partial charge in [0.15, 0.2) is 0 Å². The third-order valence-electron chi connectivity index (χ3n) is 1.60. The molecule has 2 saturated carbocycles. The van der Waals surface area contributed by atoms with E-state index in [9.17, 15) is 9.59 Å². The molecule has 0 atom stereocenters. The SMILES string of the molecule is O=C(O)C(Cl)(Cl)Cl.O=C(O)C(Cl)(Cl)Cl.[CH]1[CH][CH][CH][CH]1.[CH]1[CH][CH][CH][CH]1.[Fe]. The van der Waals surface area contributed by atoms with Crippen molar-refractivity contribution in [3.8, 4) is 0 Å². The number of rotatable bonds is 0. The van der Waals surface area contributed by atoms with Crippen molar-refractivity contribution in [1.82, 2.24) is 0 Å². The fraction of sp³-hybridized carbons (Fsp3) is 0.143. The van der Waals surface area contributed by atoms with E-state index in [1.54, 1.807) is 0 Å². The number of aliphatic carboxylic acids is 2. The molecule has 0 aliphatic heterocycles. The Morgan fingerprint density at radius 1 is 0.520 bits per heavy atom. The molecule has 4 nitrogen and oxygen atoms in total. The number of hydrogen-bond donors (Lipinski definition) is 2. The van der Waals surface area contributed by atoms with Crippen LogP contribution in [-0.2, 0) is 26.7 Å². The number of carboxylic acids is 2. The summed E-state index contributed by atoms with van der Waals surface area (Å²) < 4.78 is -4.33. The summed E-state index contributed by atoms with van der Waals surface area (Å²) in [6, 6.07) is 0. The van der Waals surface area contributed by atoms with Crippen LogP contribution in [0.3, 0.4) is 0 Å². The number of hydrogen-bond acceptors (Lipinski definition) is 2. The van der Waals surface area contributed by atoms with Gasteiger partial charge in [0.05, 0.1) is 0 Å². The molecule has 25 heavy (non-hydrogen) atoms. The summed E-state index contributed by atoms with van der Waals surface area (Å²) in [7, 11) is 0. The third-order valence-corrected chi connectivity index (χ3v) is 2.57. The summed E-state index contributed by atoms with van der Waals surface area (Å²) in [4.78, 5) is 19.2. The van der Waals surface area contributed by atoms with Crippen LogP contribution in [-0.4, -0.2) is 29.7 Å². The van der Waals surface area contributed by atoms with Crippen LogP contribution >= 0.6 is 69.6 Å². The Hall–Kier alpha value is 1.20. The number of carboxylic acid groups (broad SMARTS) is 2. The van der Waals surface area contributed by atoms with Crippen LogP contribution in [0.4, 0.5) is 0 Å². The maximum atomic E-state index is 9.62. The quantitative estimate of drug-likeness (QED) is 0.357. The molecule has 2 aliphatic carbocycles. The van der Waals surface area contributed by atoms with E-state index in [1.807, 2.05) is 64.2 Å². The normalized spacial score (nSPS) is 15.9. The first-order chi connectivity index (χ1) is 10.9. The Kier molecular flexibility index (Phi) is 21.4. The molecule has 0 aromatic carbocycles. The molecule has 2 rings (SSSR count). The zero-order valence-electron chi connectivity index (χ0n) is 12.1. The van der Waals surface area contributed by atoms with E-state index in [1.165, 1.54) is 0 Å². The second-order valence-corrected chi connectivity index (χ2v) is 8.09. The minimum Gasteiger partial charge on any atom is -0.478 e. The van der Waals surface area contributed by atoms with Crippen LogP contribution in [0.25, 0.3) is 0 Å². The van der Waals surface area contributed by atoms with Gasteiger partial charge in [-0.15, -0.1) is 0 Å². The van der Waals surface area contributed by atoms with E-state index < -0.39 is 19.5 Å². The maximum absolute atomic E-state index is 9.62. The molecule has 10 radical (unpaired) electrons. The minimum atomic E-state index is -2.17. The van der Waals surface area contributed by atoms with Gasteiger partial charge in [-0.2, -0.15) is 0 Å². The predicted molar refractivity (Wildman–Crippen MR) is 98.9 cm³/mol. The first-order valence-corrected chi connectivity index (χ1v) is 8.09. The molecule has 0 aromatic heterocycles. The first kappa shape index (κ1) is 30.9. The maximum Gasteiger partial charge on any atom is 0.356 e. The molecule has 2 N–H and O–H groups in total. The topological polar surface area (TPSA) is 74.6 Å². The summed E-state index contributed by atoms with van der Waals surface area (Å²) >= 11 is 28.8. The molecule has 0 unspecified atom stereocenters. The van der Waals surface area contributed by atoms with E-state index in [0.29, 0.717) is 0 Å². The van der Waals surface area contributed by atoms with E-state index in [0.717, 1.165) is 0 Å². The van der Waals surface area contributed by atoms with Crippen LogP contribution in [0.5, 0.6) is 0 Å². The standard InChI is InChI=1S/2C5H5.2C2HCl3O2.Fe/c2*1-2-4-5-3-1;2*3-2(4,5)1(6)7;/h2*1-5H;2*(H,6,7);. The van der Waals surface area contributed by atoms with Crippen molar-refractivity contribution in [1.29, 1.82) is 0 Å². The zero-order chi connectivity index (χ0) is 19.2. The Bertz CT molecular complexity index is 301. The smallest absolute Gasteiger partial charge is 0.356 e. The predicted octanol–water partition coefficient (Wildman–Crippen LogP) is 4.92. The number of alkyl halides is 6. The molecular weight excluding hydrogens is 501 g/mol. The Morgan fingerprint density at radius 3 is 0.640 bits per heavy atom. The number of carbonyl (C=O) groups is 2. The van der Waals surface area contributed by atoms with Crippen LogP contribution in [0.15, 0.2) is 0 Å². The molecule has 0 amide bonds. The van der Waals surface area contributed by atoms with Gasteiger partial charge < -0.3 is 10.2 Å². The second kappa shape index (κ2) is 17.3. The van der Waals surface area contributed by atoms with Crippen LogP contribution < -0.4 is 0 Å². The molecule has 142 valence electrons. The van der Waals surface area contributed by atoms with Crippen molar-refractivity contribution in [2.45, 2.75) is 7.59 Å². The molecule has 2 aliphatic rings. The largest absolute Gasteiger partial charge is 0.478 e. The van der Waals surface area contributed by atoms with Gasteiger partial charge in [0.1, 0.15) is 0 Å². The summed E-state index contributed by atoms with van der Waals surface area (Å²) in [6.07, 6.45) is 20.0. The molecule has 2 fully saturated rings. The summed E-state index contributed by atoms with van der Waals surface area (Å²) in [5.41, 5.74) is 0. The van der Waals surface area contributed by atoms with Gasteiger partial charge in [0, 0.05) is 17.1 Å². The molecule has 0 spiro atoms. The average Bonchev–Trinajstić information content (AvgIpc) is 3.16. The van der Waals surface area contributed by atoms with Gasteiger partial charge in [-0.1, -0.05) is 69.6 Å². The average molecular weight is 513 g/mol. The van der Waals surface area contributed by atoms with Crippen LogP contribution in [0.2, 0.25) is 0 Å². The van der Waals surface area contributed by atoms with Crippen molar-refractivity contribution in [2.24, 2.45) is 0 Å². The van der Waals surface area contributed by atoms with Crippen molar-refractivity contribution in [2.75, 3.05) is 0 Å². The Morgan fingerprint density at radius 2 is 0.600 bits per heavy atom. The van der Waals surface area contributed by atoms with Gasteiger partial charge in [-0.05, 0) is 64.2 Å². The second-order valence-electron chi connectivity index (χ2n) is 3.53. The summed E-state index contributed by atoms with van der Waals surface area (Å²) in [5.74, 6) is -2.92. The van der Waals surface area contributed by atoms with Crippen LogP contribution in [0, 0.1) is 64.2 Å². The zero-order valence-corrected chi connectivity index (χ0v) is 17.7. The van der Waals surface area contributed by atoms with E-state index in [-0.39, 0.29) is 17.1 Å². The van der Waals surface area contributed by atoms with E-state index >= 15 is 0 Å². The fourth-order valence-corrected chi connectivity index (χ4v) is 0.642. The first-order valence-electron chi connectivity index (χ1n) is 5.82. The minimum absolute atomic E-state index is 0. The van der Waals surface area contributed by atoms with Gasteiger partial charge in [0.2, 0.25) is 0 Å². The van der Waals surface area contributed by atoms with Crippen LogP contribution in [0.1, 0.15) is 0 Å². The fourth-order valence-electron chi connectivity index (χ4n) is 0.642. The van der Waals surface area contributed by atoms with Crippen molar-refractivity contribution in [3.05, 3.63) is 64.2 Å². The molecule has 0 saturated heterocycles. The van der Waals surface area contributed by atoms with Crippen molar-refractivity contribution < 1.29 is 36.9 Å². The molecule has 11 heteroatoms. The summed E-state index contributed by atoms with van der Waals surface area (Å²) in [5, 5.41) is 15.7. The molecule has 0 bridgehead atoms. The van der Waals surface area contributed by atoms with Gasteiger partial charge in [0.25, 0.3) is 7.59 Å². The molecule has 0 aromatic rings. The van der Waals surface area contributed by atoms with Gasteiger partial charge >= 0.3 is 11.9 Å². The molecular formula is C14H12Cl6FeO4. The monoisotopic (exact) mass is 510 g/mol. The van der Waals surface area contributed by atoms with Crippen molar-refractivity contribution in [3.63, 3.8) is 0 Å². The molecule has 0 heterocycles. The third kappa shape index (κ3) is 25.2. The number of halogens is 6.